The third-order valence-corrected chi connectivity index (χ3v) is 3.20. The molecule has 0 bridgehead atoms. The Morgan fingerprint density at radius 3 is 2.30 bits per heavy atom. The summed E-state index contributed by atoms with van der Waals surface area (Å²) in [7, 11) is 2.87. The molecule has 0 heterocycles. The van der Waals surface area contributed by atoms with E-state index in [-0.39, 0.29) is 11.3 Å². The van der Waals surface area contributed by atoms with Crippen LogP contribution < -0.4 is 4.74 Å². The van der Waals surface area contributed by atoms with Gasteiger partial charge in [-0.3, -0.25) is 0 Å². The summed E-state index contributed by atoms with van der Waals surface area (Å²) in [6.07, 6.45) is -1.75. The van der Waals surface area contributed by atoms with Gasteiger partial charge in [-0.15, -0.1) is 0 Å². The normalized spacial score (nSPS) is 13.8. The van der Waals surface area contributed by atoms with Crippen molar-refractivity contribution in [3.8, 4) is 5.75 Å². The number of ether oxygens (including phenoxy) is 2. The van der Waals surface area contributed by atoms with Crippen LogP contribution in [0.2, 0.25) is 0 Å². The van der Waals surface area contributed by atoms with Crippen molar-refractivity contribution >= 4 is 0 Å². The quantitative estimate of drug-likeness (QED) is 0.911. The topological polar surface area (TPSA) is 38.7 Å². The monoisotopic (exact) mass is 276 g/mol. The van der Waals surface area contributed by atoms with Gasteiger partial charge in [-0.25, -0.2) is 4.39 Å². The SMILES string of the molecule is COc1cccc(C(O)C(OC)c2ccccc2)c1F. The highest BCUT2D eigenvalue weighted by Crippen LogP contribution is 2.34. The van der Waals surface area contributed by atoms with Crippen LogP contribution in [0.15, 0.2) is 48.5 Å². The Balaban J connectivity index is 2.36. The van der Waals surface area contributed by atoms with Gasteiger partial charge >= 0.3 is 0 Å². The highest BCUT2D eigenvalue weighted by atomic mass is 19.1. The summed E-state index contributed by atoms with van der Waals surface area (Å²) >= 11 is 0. The first-order valence-electron chi connectivity index (χ1n) is 6.27. The number of hydrogen-bond donors (Lipinski definition) is 1. The van der Waals surface area contributed by atoms with E-state index in [1.807, 2.05) is 30.3 Å². The molecule has 2 atom stereocenters. The van der Waals surface area contributed by atoms with Crippen LogP contribution in [0.25, 0.3) is 0 Å². The minimum Gasteiger partial charge on any atom is -0.494 e. The van der Waals surface area contributed by atoms with Crippen LogP contribution in [0.1, 0.15) is 23.3 Å². The van der Waals surface area contributed by atoms with Gasteiger partial charge in [0.25, 0.3) is 0 Å². The van der Waals surface area contributed by atoms with Crippen molar-refractivity contribution in [1.29, 1.82) is 0 Å². The van der Waals surface area contributed by atoms with Crippen molar-refractivity contribution in [2.75, 3.05) is 14.2 Å². The summed E-state index contributed by atoms with van der Waals surface area (Å²) < 4.78 is 24.4. The Kier molecular flexibility index (Phi) is 4.71. The second kappa shape index (κ2) is 6.50. The van der Waals surface area contributed by atoms with E-state index in [1.54, 1.807) is 6.07 Å². The first-order chi connectivity index (χ1) is 9.69. The third kappa shape index (κ3) is 2.81. The summed E-state index contributed by atoms with van der Waals surface area (Å²) in [6.45, 7) is 0. The molecule has 3 nitrogen and oxygen atoms in total. The van der Waals surface area contributed by atoms with Crippen molar-refractivity contribution in [2.45, 2.75) is 12.2 Å². The lowest BCUT2D eigenvalue weighted by molar-refractivity contribution is -0.0167. The van der Waals surface area contributed by atoms with Gasteiger partial charge in [0.1, 0.15) is 12.2 Å². The molecule has 0 aliphatic rings. The van der Waals surface area contributed by atoms with Crippen LogP contribution >= 0.6 is 0 Å². The van der Waals surface area contributed by atoms with Crippen LogP contribution in [0.4, 0.5) is 4.39 Å². The summed E-state index contributed by atoms with van der Waals surface area (Å²) in [5.41, 5.74) is 0.935. The van der Waals surface area contributed by atoms with Gasteiger partial charge in [-0.05, 0) is 11.6 Å². The molecule has 4 heteroatoms. The zero-order valence-electron chi connectivity index (χ0n) is 11.4. The summed E-state index contributed by atoms with van der Waals surface area (Å²) in [4.78, 5) is 0. The lowest BCUT2D eigenvalue weighted by Gasteiger charge is -2.23. The van der Waals surface area contributed by atoms with Crippen molar-refractivity contribution < 1.29 is 19.0 Å². The van der Waals surface area contributed by atoms with Gasteiger partial charge < -0.3 is 14.6 Å². The fourth-order valence-corrected chi connectivity index (χ4v) is 2.17. The van der Waals surface area contributed by atoms with Gasteiger partial charge in [-0.2, -0.15) is 0 Å². The van der Waals surface area contributed by atoms with E-state index in [1.165, 1.54) is 26.4 Å². The molecule has 0 aromatic heterocycles. The molecule has 0 aliphatic carbocycles. The van der Waals surface area contributed by atoms with Crippen LogP contribution in [0.3, 0.4) is 0 Å². The number of rotatable bonds is 5. The average molecular weight is 276 g/mol. The van der Waals surface area contributed by atoms with Crippen LogP contribution in [0, 0.1) is 5.82 Å². The minimum absolute atomic E-state index is 0.101. The lowest BCUT2D eigenvalue weighted by atomic mass is 9.97. The minimum atomic E-state index is -1.11. The van der Waals surface area contributed by atoms with Gasteiger partial charge in [0, 0.05) is 12.7 Å². The first-order valence-corrected chi connectivity index (χ1v) is 6.27. The molecule has 106 valence electrons. The van der Waals surface area contributed by atoms with E-state index in [4.69, 9.17) is 9.47 Å². The van der Waals surface area contributed by atoms with Crippen molar-refractivity contribution in [3.63, 3.8) is 0 Å². The van der Waals surface area contributed by atoms with E-state index in [0.29, 0.717) is 0 Å². The first kappa shape index (κ1) is 14.5. The Morgan fingerprint density at radius 2 is 1.70 bits per heavy atom. The van der Waals surface area contributed by atoms with Crippen molar-refractivity contribution in [3.05, 3.63) is 65.5 Å². The Labute approximate surface area is 117 Å². The summed E-state index contributed by atoms with van der Waals surface area (Å²) in [5, 5.41) is 10.4. The van der Waals surface area contributed by atoms with Crippen LogP contribution in [0.5, 0.6) is 5.75 Å². The molecule has 20 heavy (non-hydrogen) atoms. The number of aliphatic hydroxyl groups excluding tert-OH is 1. The molecule has 2 unspecified atom stereocenters. The second-order valence-electron chi connectivity index (χ2n) is 4.38. The molecule has 0 saturated heterocycles. The fourth-order valence-electron chi connectivity index (χ4n) is 2.17. The molecule has 2 rings (SSSR count). The maximum absolute atomic E-state index is 14.2. The van der Waals surface area contributed by atoms with E-state index >= 15 is 0 Å². The fraction of sp³-hybridized carbons (Fsp3) is 0.250. The lowest BCUT2D eigenvalue weighted by Crippen LogP contribution is -2.14. The highest BCUT2D eigenvalue weighted by molar-refractivity contribution is 5.34. The van der Waals surface area contributed by atoms with Crippen LogP contribution in [-0.2, 0) is 4.74 Å². The Morgan fingerprint density at radius 1 is 1.00 bits per heavy atom. The molecule has 0 fully saturated rings. The molecule has 2 aromatic rings. The largest absolute Gasteiger partial charge is 0.494 e. The number of methoxy groups -OCH3 is 2. The molecule has 0 aliphatic heterocycles. The van der Waals surface area contributed by atoms with Gasteiger partial charge in [0.2, 0.25) is 0 Å². The zero-order chi connectivity index (χ0) is 14.5. The summed E-state index contributed by atoms with van der Waals surface area (Å²) in [5.74, 6) is -0.468. The Hall–Kier alpha value is -1.91. The third-order valence-electron chi connectivity index (χ3n) is 3.20. The van der Waals surface area contributed by atoms with E-state index in [0.717, 1.165) is 5.56 Å². The molecule has 0 amide bonds. The van der Waals surface area contributed by atoms with Gasteiger partial charge in [0.15, 0.2) is 11.6 Å². The molecular weight excluding hydrogens is 259 g/mol. The van der Waals surface area contributed by atoms with Crippen molar-refractivity contribution in [2.24, 2.45) is 0 Å². The standard InChI is InChI=1S/C16H17FO3/c1-19-13-10-6-9-12(14(13)17)15(18)16(20-2)11-7-4-3-5-8-11/h3-10,15-16,18H,1-2H3. The number of benzene rings is 2. The Bertz CT molecular complexity index is 557. The molecule has 0 saturated carbocycles. The number of hydrogen-bond acceptors (Lipinski definition) is 3. The van der Waals surface area contributed by atoms with Gasteiger partial charge in [0.05, 0.1) is 7.11 Å². The van der Waals surface area contributed by atoms with E-state index in [2.05, 4.69) is 0 Å². The predicted octanol–water partition coefficient (Wildman–Crippen LogP) is 3.26. The molecule has 0 radical (unpaired) electrons. The van der Waals surface area contributed by atoms with Crippen molar-refractivity contribution in [1.82, 2.24) is 0 Å². The maximum atomic E-state index is 14.2. The zero-order valence-corrected chi connectivity index (χ0v) is 11.4. The molecular formula is C16H17FO3. The van der Waals surface area contributed by atoms with E-state index < -0.39 is 18.0 Å². The van der Waals surface area contributed by atoms with E-state index in [9.17, 15) is 9.50 Å². The number of aliphatic hydroxyl groups is 1. The van der Waals surface area contributed by atoms with Gasteiger partial charge in [-0.1, -0.05) is 42.5 Å². The number of halogens is 1. The smallest absolute Gasteiger partial charge is 0.170 e. The predicted molar refractivity (Wildman–Crippen MR) is 74.1 cm³/mol. The van der Waals surface area contributed by atoms with Crippen LogP contribution in [-0.4, -0.2) is 19.3 Å². The second-order valence-corrected chi connectivity index (χ2v) is 4.38. The molecule has 2 aromatic carbocycles. The molecule has 1 N–H and O–H groups in total. The summed E-state index contributed by atoms with van der Waals surface area (Å²) in [6, 6.07) is 13.9. The highest BCUT2D eigenvalue weighted by Gasteiger charge is 2.26. The maximum Gasteiger partial charge on any atom is 0.170 e. The average Bonchev–Trinajstić information content (AvgIpc) is 2.49. The molecule has 0 spiro atoms.